The molecule has 3 aliphatic heterocycles. The van der Waals surface area contributed by atoms with Crippen LogP contribution in [-0.4, -0.2) is 86.2 Å². The van der Waals surface area contributed by atoms with Crippen molar-refractivity contribution >= 4 is 38.0 Å². The molecule has 0 bridgehead atoms. The van der Waals surface area contributed by atoms with Crippen LogP contribution < -0.4 is 14.6 Å². The molecule has 0 unspecified atom stereocenters. The summed E-state index contributed by atoms with van der Waals surface area (Å²) in [7, 11) is -7.11. The van der Waals surface area contributed by atoms with E-state index in [1.807, 2.05) is 0 Å². The minimum atomic E-state index is -3.78. The Bertz CT molecular complexity index is 1470. The molecular weight excluding hydrogens is 618 g/mol. The lowest BCUT2D eigenvalue weighted by Gasteiger charge is -2.29. The third kappa shape index (κ3) is 8.68. The average molecular weight is 653 g/mol. The zero-order valence-electron chi connectivity index (χ0n) is 23.3. The minimum absolute atomic E-state index is 0.00948. The number of nitrogens with two attached hydrogens (primary N) is 1. The maximum Gasteiger partial charge on any atom is 0.302 e. The molecule has 0 radical (unpaired) electrons. The first-order chi connectivity index (χ1) is 19.6. The van der Waals surface area contributed by atoms with Crippen molar-refractivity contribution in [3.8, 4) is 5.88 Å². The van der Waals surface area contributed by atoms with Crippen LogP contribution in [0.25, 0.3) is 0 Å². The normalized spacial score (nSPS) is 21.4. The number of nitrogens with one attached hydrogen (secondary N) is 1. The van der Waals surface area contributed by atoms with Gasteiger partial charge in [-0.25, -0.2) is 18.9 Å². The highest BCUT2D eigenvalue weighted by Crippen LogP contribution is 2.29. The standard InChI is InChI=1S/C21H26F2N4O5S2.C3H8N2O2S/c1-13(16-11-30-21(2,3)32-16)31-18-10-17(26-34(28,29)27-8-5-9-27)24-20(25-18)33-12-14-6-4-7-15(22)19(14)23;4-8(6,7)5-2-1-3-5/h4,6-7,10,13,16H,5,8-9,11-12H2,1-3H3,(H,24,25,26);1-3H2,(H2,4,6,7)/t13-,16-;/m1./s1. The van der Waals surface area contributed by atoms with Gasteiger partial charge in [-0.1, -0.05) is 23.9 Å². The number of nitrogens with zero attached hydrogens (tertiary/aromatic N) is 4. The van der Waals surface area contributed by atoms with E-state index in [4.69, 9.17) is 19.3 Å². The van der Waals surface area contributed by atoms with Crippen molar-refractivity contribution in [2.75, 3.05) is 37.5 Å². The first kappa shape index (κ1) is 32.7. The van der Waals surface area contributed by atoms with Crippen LogP contribution in [0.2, 0.25) is 0 Å². The lowest BCUT2D eigenvalue weighted by atomic mass is 10.2. The van der Waals surface area contributed by atoms with E-state index in [2.05, 4.69) is 14.7 Å². The fourth-order valence-electron chi connectivity index (χ4n) is 3.86. The molecule has 0 saturated carbocycles. The average Bonchev–Trinajstić information content (AvgIpc) is 3.16. The minimum Gasteiger partial charge on any atom is -0.472 e. The molecule has 0 amide bonds. The predicted molar refractivity (Wildman–Crippen MR) is 151 cm³/mol. The van der Waals surface area contributed by atoms with Gasteiger partial charge in [-0.15, -0.1) is 0 Å². The third-order valence-electron chi connectivity index (χ3n) is 6.49. The van der Waals surface area contributed by atoms with Crippen molar-refractivity contribution in [3.05, 3.63) is 41.5 Å². The summed E-state index contributed by atoms with van der Waals surface area (Å²) in [5.74, 6) is -2.48. The van der Waals surface area contributed by atoms with Crippen molar-refractivity contribution < 1.29 is 39.8 Å². The number of halogens is 2. The lowest BCUT2D eigenvalue weighted by Crippen LogP contribution is -2.45. The Morgan fingerprint density at radius 3 is 2.33 bits per heavy atom. The van der Waals surface area contributed by atoms with E-state index in [0.717, 1.165) is 30.7 Å². The Kier molecular flexibility index (Phi) is 10.3. The molecule has 234 valence electrons. The fraction of sp³-hybridized carbons (Fsp3) is 0.583. The van der Waals surface area contributed by atoms with E-state index in [-0.39, 0.29) is 34.3 Å². The summed E-state index contributed by atoms with van der Waals surface area (Å²) in [5, 5.41) is 4.88. The second kappa shape index (κ2) is 13.2. The quantitative estimate of drug-likeness (QED) is 0.287. The summed E-state index contributed by atoms with van der Waals surface area (Å²) in [6.45, 7) is 7.76. The Balaban J connectivity index is 0.000000437. The van der Waals surface area contributed by atoms with Crippen LogP contribution in [0.1, 0.15) is 39.2 Å². The number of rotatable bonds is 10. The van der Waals surface area contributed by atoms with E-state index in [1.54, 1.807) is 20.8 Å². The third-order valence-corrected chi connectivity index (χ3v) is 9.99. The first-order valence-corrected chi connectivity index (χ1v) is 17.0. The molecule has 1 aromatic heterocycles. The molecule has 3 N–H and O–H groups in total. The van der Waals surface area contributed by atoms with Crippen molar-refractivity contribution in [3.63, 3.8) is 0 Å². The summed E-state index contributed by atoms with van der Waals surface area (Å²) in [6.07, 6.45) is 0.909. The Labute approximate surface area is 248 Å². The van der Waals surface area contributed by atoms with E-state index >= 15 is 0 Å². The molecule has 2 aromatic rings. The molecule has 3 aliphatic rings. The van der Waals surface area contributed by atoms with Gasteiger partial charge in [0.2, 0.25) is 5.88 Å². The van der Waals surface area contributed by atoms with Gasteiger partial charge < -0.3 is 14.2 Å². The molecule has 0 aliphatic carbocycles. The van der Waals surface area contributed by atoms with Crippen LogP contribution in [0.15, 0.2) is 29.4 Å². The number of anilines is 1. The first-order valence-electron chi connectivity index (χ1n) is 13.1. The maximum atomic E-state index is 14.1. The van der Waals surface area contributed by atoms with Gasteiger partial charge in [-0.3, -0.25) is 4.72 Å². The van der Waals surface area contributed by atoms with Crippen LogP contribution in [0.3, 0.4) is 0 Å². The SMILES string of the molecule is C[C@@H](Oc1cc(NS(=O)(=O)N2CCC2)nc(SCc2cccc(F)c2F)n1)[C@H]1COC(C)(C)O1.NS(=O)(=O)N1CCC1. The number of benzene rings is 1. The van der Waals surface area contributed by atoms with Gasteiger partial charge in [0.1, 0.15) is 18.0 Å². The highest BCUT2D eigenvalue weighted by Gasteiger charge is 2.37. The molecule has 0 spiro atoms. The molecule has 3 saturated heterocycles. The van der Waals surface area contributed by atoms with Crippen molar-refractivity contribution in [2.45, 2.75) is 62.5 Å². The predicted octanol–water partition coefficient (Wildman–Crippen LogP) is 2.22. The van der Waals surface area contributed by atoms with E-state index in [1.165, 1.54) is 26.8 Å². The summed E-state index contributed by atoms with van der Waals surface area (Å²) in [5.41, 5.74) is 0.134. The fourth-order valence-corrected chi connectivity index (χ4v) is 6.69. The monoisotopic (exact) mass is 652 g/mol. The largest absolute Gasteiger partial charge is 0.472 e. The number of ether oxygens (including phenoxy) is 3. The molecule has 13 nitrogen and oxygen atoms in total. The molecule has 5 rings (SSSR count). The Morgan fingerprint density at radius 1 is 1.14 bits per heavy atom. The van der Waals surface area contributed by atoms with Crippen molar-refractivity contribution in [1.29, 1.82) is 0 Å². The smallest absolute Gasteiger partial charge is 0.302 e. The number of hydrogen-bond acceptors (Lipinski definition) is 10. The summed E-state index contributed by atoms with van der Waals surface area (Å²) >= 11 is 1.02. The van der Waals surface area contributed by atoms with Crippen LogP contribution in [-0.2, 0) is 35.6 Å². The van der Waals surface area contributed by atoms with Gasteiger partial charge in [0.05, 0.1) is 6.61 Å². The number of thioether (sulfide) groups is 1. The molecule has 4 heterocycles. The molecule has 1 aromatic carbocycles. The zero-order chi connectivity index (χ0) is 30.7. The van der Waals surface area contributed by atoms with Gasteiger partial charge >= 0.3 is 10.2 Å². The van der Waals surface area contributed by atoms with E-state index < -0.39 is 43.9 Å². The van der Waals surface area contributed by atoms with Crippen LogP contribution in [0.5, 0.6) is 5.88 Å². The van der Waals surface area contributed by atoms with Gasteiger partial charge in [0, 0.05) is 43.6 Å². The van der Waals surface area contributed by atoms with Gasteiger partial charge in [0.15, 0.2) is 22.6 Å². The molecule has 42 heavy (non-hydrogen) atoms. The molecule has 3 fully saturated rings. The van der Waals surface area contributed by atoms with Crippen molar-refractivity contribution in [1.82, 2.24) is 18.6 Å². The second-order valence-electron chi connectivity index (χ2n) is 10.2. The van der Waals surface area contributed by atoms with Crippen LogP contribution >= 0.6 is 11.8 Å². The number of hydrogen-bond donors (Lipinski definition) is 2. The van der Waals surface area contributed by atoms with Gasteiger partial charge in [0.25, 0.3) is 10.2 Å². The molecule has 18 heteroatoms. The summed E-state index contributed by atoms with van der Waals surface area (Å²) in [6, 6.07) is 5.28. The maximum absolute atomic E-state index is 14.1. The molecule has 2 atom stereocenters. The highest BCUT2D eigenvalue weighted by atomic mass is 32.2. The molecular formula is C24H34F2N6O7S3. The van der Waals surface area contributed by atoms with Gasteiger partial charge in [-0.2, -0.15) is 30.4 Å². The Morgan fingerprint density at radius 2 is 1.81 bits per heavy atom. The van der Waals surface area contributed by atoms with E-state index in [9.17, 15) is 25.6 Å². The van der Waals surface area contributed by atoms with Crippen molar-refractivity contribution in [2.24, 2.45) is 5.14 Å². The zero-order valence-corrected chi connectivity index (χ0v) is 25.8. The van der Waals surface area contributed by atoms with Gasteiger partial charge in [-0.05, 0) is 39.7 Å². The van der Waals surface area contributed by atoms with E-state index in [0.29, 0.717) is 32.8 Å². The topological polar surface area (TPSA) is 166 Å². The second-order valence-corrected chi connectivity index (χ2v) is 14.4. The summed E-state index contributed by atoms with van der Waals surface area (Å²) < 4.78 is 95.6. The van der Waals surface area contributed by atoms with Crippen LogP contribution in [0, 0.1) is 11.6 Å². The Hall–Kier alpha value is -2.19. The lowest BCUT2D eigenvalue weighted by molar-refractivity contribution is -0.147. The van der Waals surface area contributed by atoms with Crippen LogP contribution in [0.4, 0.5) is 14.6 Å². The highest BCUT2D eigenvalue weighted by molar-refractivity contribution is 7.98. The summed E-state index contributed by atoms with van der Waals surface area (Å²) in [4.78, 5) is 8.56. The number of aromatic nitrogens is 2.